The highest BCUT2D eigenvalue weighted by Crippen LogP contribution is 2.47. The molecule has 3 nitrogen and oxygen atoms in total. The number of piperidine rings is 1. The Hall–Kier alpha value is -0.280. The number of nitrogens with zero attached hydrogens (tertiary/aromatic N) is 1. The molecule has 2 atom stereocenters. The van der Waals surface area contributed by atoms with Crippen LogP contribution in [0.5, 0.6) is 0 Å². The van der Waals surface area contributed by atoms with Crippen LogP contribution >= 0.6 is 11.8 Å². The molecule has 0 aromatic carbocycles. The van der Waals surface area contributed by atoms with E-state index in [0.717, 1.165) is 32.4 Å². The van der Waals surface area contributed by atoms with Crippen molar-refractivity contribution in [3.63, 3.8) is 0 Å². The highest BCUT2D eigenvalue weighted by Gasteiger charge is 2.52. The summed E-state index contributed by atoms with van der Waals surface area (Å²) in [5.41, 5.74) is -0.00369. The maximum atomic E-state index is 12.3. The second kappa shape index (κ2) is 4.53. The summed E-state index contributed by atoms with van der Waals surface area (Å²) in [6, 6.07) is 0.271. The molecule has 0 aromatic rings. The molecule has 0 aromatic heterocycles. The first-order chi connectivity index (χ1) is 7.57. The maximum Gasteiger partial charge on any atom is 0.226 e. The third-order valence-electron chi connectivity index (χ3n) is 4.37. The van der Waals surface area contributed by atoms with Gasteiger partial charge in [0, 0.05) is 25.0 Å². The van der Waals surface area contributed by atoms with Gasteiger partial charge < -0.3 is 4.90 Å². The molecular weight excluding hydrogens is 224 g/mol. The van der Waals surface area contributed by atoms with E-state index in [1.807, 2.05) is 4.90 Å². The number of nitrogens with one attached hydrogen (secondary N) is 1. The van der Waals surface area contributed by atoms with E-state index in [4.69, 9.17) is 11.8 Å². The van der Waals surface area contributed by atoms with E-state index in [9.17, 15) is 4.79 Å². The number of hydrogen-bond acceptors (Lipinski definition) is 2. The van der Waals surface area contributed by atoms with E-state index in [1.54, 1.807) is 0 Å². The van der Waals surface area contributed by atoms with E-state index in [1.165, 1.54) is 6.42 Å². The summed E-state index contributed by atoms with van der Waals surface area (Å²) < 4.78 is 0. The van der Waals surface area contributed by atoms with E-state index >= 15 is 0 Å². The Kier molecular flexibility index (Phi) is 3.45. The number of hydrogen-bond donors (Lipinski definition) is 1. The smallest absolute Gasteiger partial charge is 0.226 e. The lowest BCUT2D eigenvalue weighted by Crippen LogP contribution is -2.60. The van der Waals surface area contributed by atoms with Crippen LogP contribution in [0.2, 0.25) is 0 Å². The van der Waals surface area contributed by atoms with Crippen molar-refractivity contribution < 1.29 is 4.79 Å². The zero-order valence-corrected chi connectivity index (χ0v) is 10.9. The quantitative estimate of drug-likeness (QED) is 0.755. The normalized spacial score (nSPS) is 33.3. The van der Waals surface area contributed by atoms with Crippen molar-refractivity contribution in [2.24, 2.45) is 11.3 Å². The van der Waals surface area contributed by atoms with E-state index in [0.29, 0.717) is 5.91 Å². The monoisotopic (exact) mass is 244 g/mol. The summed E-state index contributed by atoms with van der Waals surface area (Å²) in [5, 5.41) is 0. The van der Waals surface area contributed by atoms with Gasteiger partial charge in [-0.2, -0.15) is 0 Å². The number of carbonyl (C=O) groups excluding carboxylic acids is 1. The molecule has 4 heteroatoms. The summed E-state index contributed by atoms with van der Waals surface area (Å²) in [7, 11) is 0. The molecule has 2 fully saturated rings. The van der Waals surface area contributed by atoms with E-state index < -0.39 is 0 Å². The van der Waals surface area contributed by atoms with Gasteiger partial charge in [0.05, 0.1) is 0 Å². The van der Waals surface area contributed by atoms with Gasteiger partial charge in [-0.3, -0.25) is 4.79 Å². The molecule has 2 rings (SSSR count). The van der Waals surface area contributed by atoms with Crippen molar-refractivity contribution in [3.8, 4) is 0 Å². The summed E-state index contributed by atoms with van der Waals surface area (Å²) in [6.45, 7) is 6.15. The second-order valence-corrected chi connectivity index (χ2v) is 5.88. The molecule has 0 spiro atoms. The molecule has 1 heterocycles. The van der Waals surface area contributed by atoms with Crippen LogP contribution in [0.3, 0.4) is 0 Å². The summed E-state index contributed by atoms with van der Waals surface area (Å²) in [6.07, 6.45) is 4.47. The van der Waals surface area contributed by atoms with Crippen molar-refractivity contribution in [1.82, 2.24) is 9.74 Å². The SMILES string of the molecule is CC1(C)[C@@H](C(=O)N2CCCCC2)C[C@H]1NCl. The molecular formula is C12H21ClN2O. The van der Waals surface area contributed by atoms with E-state index in [-0.39, 0.29) is 17.4 Å². The van der Waals surface area contributed by atoms with Gasteiger partial charge in [-0.1, -0.05) is 13.8 Å². The lowest BCUT2D eigenvalue weighted by Gasteiger charge is -2.51. The van der Waals surface area contributed by atoms with Crippen molar-refractivity contribution in [1.29, 1.82) is 0 Å². The fourth-order valence-electron chi connectivity index (χ4n) is 2.86. The standard InChI is InChI=1S/C12H21ClN2O/c1-12(2)9(8-10(12)14-13)11(16)15-6-4-3-5-7-15/h9-10,14H,3-8H2,1-2H3/t9-,10-/m1/s1. The molecule has 1 saturated heterocycles. The van der Waals surface area contributed by atoms with Gasteiger partial charge in [0.15, 0.2) is 0 Å². The zero-order chi connectivity index (χ0) is 11.8. The van der Waals surface area contributed by atoms with Gasteiger partial charge in [-0.15, -0.1) is 0 Å². The van der Waals surface area contributed by atoms with Crippen LogP contribution in [-0.4, -0.2) is 29.9 Å². The maximum absolute atomic E-state index is 12.3. The van der Waals surface area contributed by atoms with Crippen LogP contribution in [0.4, 0.5) is 0 Å². The summed E-state index contributed by atoms with van der Waals surface area (Å²) >= 11 is 5.67. The molecule has 0 radical (unpaired) electrons. The Labute approximate surface area is 103 Å². The number of amides is 1. The van der Waals surface area contributed by atoms with Gasteiger partial charge in [-0.05, 0) is 42.9 Å². The molecule has 1 amide bonds. The molecule has 0 unspecified atom stereocenters. The predicted molar refractivity (Wildman–Crippen MR) is 65.1 cm³/mol. The minimum absolute atomic E-state index is 0.00369. The Morgan fingerprint density at radius 3 is 2.44 bits per heavy atom. The fraction of sp³-hybridized carbons (Fsp3) is 0.917. The van der Waals surface area contributed by atoms with Crippen LogP contribution in [0, 0.1) is 11.3 Å². The molecule has 1 saturated carbocycles. The Morgan fingerprint density at radius 2 is 1.94 bits per heavy atom. The largest absolute Gasteiger partial charge is 0.342 e. The summed E-state index contributed by atoms with van der Waals surface area (Å²) in [5.74, 6) is 0.495. The second-order valence-electron chi connectivity index (χ2n) is 5.66. The van der Waals surface area contributed by atoms with E-state index in [2.05, 4.69) is 18.7 Å². The molecule has 92 valence electrons. The van der Waals surface area contributed by atoms with Crippen molar-refractivity contribution in [2.45, 2.75) is 45.6 Å². The van der Waals surface area contributed by atoms with Crippen molar-refractivity contribution in [2.75, 3.05) is 13.1 Å². The lowest BCUT2D eigenvalue weighted by molar-refractivity contribution is -0.148. The topological polar surface area (TPSA) is 32.3 Å². The van der Waals surface area contributed by atoms with Gasteiger partial charge in [-0.25, -0.2) is 4.84 Å². The highest BCUT2D eigenvalue weighted by molar-refractivity contribution is 6.13. The Bertz CT molecular complexity index is 274. The molecule has 2 aliphatic rings. The molecule has 1 N–H and O–H groups in total. The Morgan fingerprint density at radius 1 is 1.31 bits per heavy atom. The third kappa shape index (κ3) is 1.95. The lowest BCUT2D eigenvalue weighted by atomic mass is 9.58. The Balaban J connectivity index is 1.96. The number of carbonyl (C=O) groups is 1. The highest BCUT2D eigenvalue weighted by atomic mass is 35.5. The van der Waals surface area contributed by atoms with Crippen LogP contribution in [0.15, 0.2) is 0 Å². The average Bonchev–Trinajstić information content (AvgIpc) is 2.29. The molecule has 1 aliphatic heterocycles. The van der Waals surface area contributed by atoms with Gasteiger partial charge in [0.1, 0.15) is 0 Å². The number of rotatable bonds is 2. The van der Waals surface area contributed by atoms with Crippen LogP contribution in [0.25, 0.3) is 0 Å². The van der Waals surface area contributed by atoms with Crippen molar-refractivity contribution in [3.05, 3.63) is 0 Å². The van der Waals surface area contributed by atoms with Crippen LogP contribution in [0.1, 0.15) is 39.5 Å². The van der Waals surface area contributed by atoms with Gasteiger partial charge in [0.2, 0.25) is 5.91 Å². The first-order valence-electron chi connectivity index (χ1n) is 6.22. The van der Waals surface area contributed by atoms with Gasteiger partial charge in [0.25, 0.3) is 0 Å². The third-order valence-corrected chi connectivity index (χ3v) is 4.63. The minimum Gasteiger partial charge on any atom is -0.342 e. The summed E-state index contributed by atoms with van der Waals surface area (Å²) in [4.78, 5) is 17.1. The van der Waals surface area contributed by atoms with Gasteiger partial charge >= 0.3 is 0 Å². The van der Waals surface area contributed by atoms with Crippen molar-refractivity contribution >= 4 is 17.7 Å². The predicted octanol–water partition coefficient (Wildman–Crippen LogP) is 2.16. The first-order valence-corrected chi connectivity index (χ1v) is 6.60. The first kappa shape index (κ1) is 12.2. The molecule has 0 bridgehead atoms. The number of likely N-dealkylation sites (tertiary alicyclic amines) is 1. The minimum atomic E-state index is -0.00369. The molecule has 1 aliphatic carbocycles. The van der Waals surface area contributed by atoms with Crippen LogP contribution in [-0.2, 0) is 4.79 Å². The number of halogens is 1. The molecule has 16 heavy (non-hydrogen) atoms. The van der Waals surface area contributed by atoms with Crippen LogP contribution < -0.4 is 4.84 Å². The average molecular weight is 245 g/mol. The zero-order valence-electron chi connectivity index (χ0n) is 10.1. The fourth-order valence-corrected chi connectivity index (χ4v) is 3.23.